The zero-order valence-electron chi connectivity index (χ0n) is 10.9. The molecule has 2 rings (SSSR count). The third-order valence-electron chi connectivity index (χ3n) is 3.68. The van der Waals surface area contributed by atoms with Gasteiger partial charge < -0.3 is 14.4 Å². The minimum absolute atomic E-state index is 0.0333. The molecule has 5 nitrogen and oxygen atoms in total. The average molecular weight is 253 g/mol. The Labute approximate surface area is 107 Å². The molecule has 0 aromatic heterocycles. The van der Waals surface area contributed by atoms with Crippen LogP contribution in [-0.2, 0) is 19.1 Å². The zero-order valence-corrected chi connectivity index (χ0v) is 10.9. The lowest BCUT2D eigenvalue weighted by atomic mass is 9.90. The fourth-order valence-electron chi connectivity index (χ4n) is 2.47. The van der Waals surface area contributed by atoms with Crippen LogP contribution < -0.4 is 0 Å². The van der Waals surface area contributed by atoms with Crippen LogP contribution in [0.4, 0.5) is 0 Å². The van der Waals surface area contributed by atoms with Gasteiger partial charge in [0.1, 0.15) is 0 Å². The van der Waals surface area contributed by atoms with Crippen LogP contribution in [0.1, 0.15) is 19.8 Å². The van der Waals surface area contributed by atoms with Gasteiger partial charge in [-0.15, -0.1) is 0 Å². The highest BCUT2D eigenvalue weighted by atomic mass is 16.5. The van der Waals surface area contributed by atoms with Crippen molar-refractivity contribution in [2.24, 2.45) is 5.41 Å². The first-order valence-corrected chi connectivity index (χ1v) is 6.21. The van der Waals surface area contributed by atoms with Gasteiger partial charge in [0.05, 0.1) is 25.7 Å². The molecule has 5 heteroatoms. The minimum atomic E-state index is -0.559. The number of hydrogen-bond acceptors (Lipinski definition) is 4. The summed E-state index contributed by atoms with van der Waals surface area (Å²) in [5, 5.41) is 0. The van der Waals surface area contributed by atoms with Gasteiger partial charge >= 0.3 is 5.97 Å². The van der Waals surface area contributed by atoms with E-state index in [9.17, 15) is 9.59 Å². The van der Waals surface area contributed by atoms with E-state index in [2.05, 4.69) is 0 Å². The summed E-state index contributed by atoms with van der Waals surface area (Å²) in [6.45, 7) is 4.01. The summed E-state index contributed by atoms with van der Waals surface area (Å²) in [5.74, 6) is -0.204. The lowest BCUT2D eigenvalue weighted by molar-refractivity contribution is -0.151. The van der Waals surface area contributed by atoms with E-state index in [1.165, 1.54) is 7.11 Å². The normalized spacial score (nSPS) is 27.9. The highest BCUT2D eigenvalue weighted by molar-refractivity contribution is 5.94. The molecule has 0 aliphatic carbocycles. The number of likely N-dealkylation sites (tertiary alicyclic amines) is 1. The number of ether oxygens (including phenoxy) is 2. The first-order valence-electron chi connectivity index (χ1n) is 6.21. The van der Waals surface area contributed by atoms with Crippen molar-refractivity contribution in [2.75, 3.05) is 33.4 Å². The molecule has 1 fully saturated rings. The molecule has 2 aliphatic rings. The Bertz CT molecular complexity index is 390. The van der Waals surface area contributed by atoms with Crippen molar-refractivity contribution in [3.63, 3.8) is 0 Å². The monoisotopic (exact) mass is 253 g/mol. The molecule has 1 saturated heterocycles. The number of esters is 1. The van der Waals surface area contributed by atoms with Crippen LogP contribution in [0, 0.1) is 5.41 Å². The largest absolute Gasteiger partial charge is 0.469 e. The molecule has 0 spiro atoms. The fourth-order valence-corrected chi connectivity index (χ4v) is 2.47. The molecule has 0 bridgehead atoms. The van der Waals surface area contributed by atoms with Crippen LogP contribution in [0.5, 0.6) is 0 Å². The Kier molecular flexibility index (Phi) is 3.71. The van der Waals surface area contributed by atoms with Crippen molar-refractivity contribution in [2.45, 2.75) is 19.8 Å². The summed E-state index contributed by atoms with van der Waals surface area (Å²) in [7, 11) is 1.39. The second-order valence-electron chi connectivity index (χ2n) is 5.08. The van der Waals surface area contributed by atoms with E-state index >= 15 is 0 Å². The molecule has 100 valence electrons. The Morgan fingerprint density at radius 1 is 1.50 bits per heavy atom. The molecule has 2 aliphatic heterocycles. The van der Waals surface area contributed by atoms with Crippen LogP contribution in [0.3, 0.4) is 0 Å². The van der Waals surface area contributed by atoms with Crippen molar-refractivity contribution >= 4 is 11.9 Å². The predicted molar refractivity (Wildman–Crippen MR) is 64.8 cm³/mol. The van der Waals surface area contributed by atoms with Crippen LogP contribution in [0.15, 0.2) is 11.6 Å². The molecule has 0 N–H and O–H groups in total. The minimum Gasteiger partial charge on any atom is -0.469 e. The average Bonchev–Trinajstić information content (AvgIpc) is 2.82. The van der Waals surface area contributed by atoms with Crippen LogP contribution in [0.25, 0.3) is 0 Å². The van der Waals surface area contributed by atoms with E-state index in [0.29, 0.717) is 39.1 Å². The van der Waals surface area contributed by atoms with Crippen LogP contribution in [-0.4, -0.2) is 50.2 Å². The molecule has 18 heavy (non-hydrogen) atoms. The molecular weight excluding hydrogens is 234 g/mol. The Morgan fingerprint density at radius 3 is 2.89 bits per heavy atom. The summed E-state index contributed by atoms with van der Waals surface area (Å²) < 4.78 is 9.99. The lowest BCUT2D eigenvalue weighted by Crippen LogP contribution is -2.36. The van der Waals surface area contributed by atoms with Crippen LogP contribution >= 0.6 is 0 Å². The number of nitrogens with zero attached hydrogens (tertiary/aromatic N) is 1. The molecule has 1 amide bonds. The summed E-state index contributed by atoms with van der Waals surface area (Å²) in [6.07, 6.45) is 3.15. The van der Waals surface area contributed by atoms with Gasteiger partial charge in [-0.05, 0) is 13.3 Å². The summed E-state index contributed by atoms with van der Waals surface area (Å²) in [4.78, 5) is 25.7. The van der Waals surface area contributed by atoms with Crippen molar-refractivity contribution in [1.82, 2.24) is 4.90 Å². The number of carbonyl (C=O) groups is 2. The molecular formula is C13H19NO4. The van der Waals surface area contributed by atoms with E-state index in [0.717, 1.165) is 5.57 Å². The maximum Gasteiger partial charge on any atom is 0.313 e. The van der Waals surface area contributed by atoms with Gasteiger partial charge in [0.25, 0.3) is 0 Å². The van der Waals surface area contributed by atoms with Gasteiger partial charge in [-0.1, -0.05) is 6.08 Å². The SMILES string of the molecule is COC(=O)[C@]1(C)CCN(C(=O)C2=CCOCC2)C1. The number of methoxy groups -OCH3 is 1. The predicted octanol–water partition coefficient (Wildman–Crippen LogP) is 0.745. The van der Waals surface area contributed by atoms with Gasteiger partial charge in [-0.3, -0.25) is 9.59 Å². The molecule has 2 heterocycles. The Hall–Kier alpha value is -1.36. The third-order valence-corrected chi connectivity index (χ3v) is 3.68. The maximum atomic E-state index is 12.2. The highest BCUT2D eigenvalue weighted by Crippen LogP contribution is 2.32. The number of amides is 1. The first-order chi connectivity index (χ1) is 8.57. The molecule has 0 aromatic rings. The fraction of sp³-hybridized carbons (Fsp3) is 0.692. The standard InChI is InChI=1S/C13H19NO4/c1-13(12(16)17-2)5-6-14(9-13)11(15)10-3-7-18-8-4-10/h3H,4-9H2,1-2H3/t13-/m1/s1. The third kappa shape index (κ3) is 2.41. The second kappa shape index (κ2) is 5.10. The van der Waals surface area contributed by atoms with E-state index < -0.39 is 5.41 Å². The van der Waals surface area contributed by atoms with Gasteiger partial charge in [0.15, 0.2) is 0 Å². The number of carbonyl (C=O) groups excluding carboxylic acids is 2. The van der Waals surface area contributed by atoms with E-state index in [4.69, 9.17) is 9.47 Å². The smallest absolute Gasteiger partial charge is 0.313 e. The number of rotatable bonds is 2. The summed E-state index contributed by atoms with van der Waals surface area (Å²) in [5.41, 5.74) is 0.242. The van der Waals surface area contributed by atoms with E-state index in [1.54, 1.807) is 4.90 Å². The molecule has 1 atom stereocenters. The van der Waals surface area contributed by atoms with Crippen molar-refractivity contribution in [3.8, 4) is 0 Å². The van der Waals surface area contributed by atoms with Gasteiger partial charge in [-0.2, -0.15) is 0 Å². The van der Waals surface area contributed by atoms with E-state index in [-0.39, 0.29) is 11.9 Å². The first kappa shape index (κ1) is 13.1. The second-order valence-corrected chi connectivity index (χ2v) is 5.08. The molecule has 0 saturated carbocycles. The van der Waals surface area contributed by atoms with Crippen molar-refractivity contribution in [3.05, 3.63) is 11.6 Å². The van der Waals surface area contributed by atoms with Crippen molar-refractivity contribution < 1.29 is 19.1 Å². The summed E-state index contributed by atoms with van der Waals surface area (Å²) >= 11 is 0. The topological polar surface area (TPSA) is 55.8 Å². The molecule has 0 aromatic carbocycles. The Balaban J connectivity index is 2.02. The van der Waals surface area contributed by atoms with Crippen LogP contribution in [0.2, 0.25) is 0 Å². The zero-order chi connectivity index (χ0) is 13.2. The Morgan fingerprint density at radius 2 is 2.28 bits per heavy atom. The van der Waals surface area contributed by atoms with E-state index in [1.807, 2.05) is 13.0 Å². The lowest BCUT2D eigenvalue weighted by Gasteiger charge is -2.23. The maximum absolute atomic E-state index is 12.2. The molecule has 0 unspecified atom stereocenters. The van der Waals surface area contributed by atoms with Gasteiger partial charge in [0, 0.05) is 25.1 Å². The molecule has 0 radical (unpaired) electrons. The quantitative estimate of drug-likeness (QED) is 0.681. The van der Waals surface area contributed by atoms with Crippen molar-refractivity contribution in [1.29, 1.82) is 0 Å². The summed E-state index contributed by atoms with van der Waals surface area (Å²) in [6, 6.07) is 0. The number of hydrogen-bond donors (Lipinski definition) is 0. The van der Waals surface area contributed by atoms with Gasteiger partial charge in [0.2, 0.25) is 5.91 Å². The highest BCUT2D eigenvalue weighted by Gasteiger charge is 2.43. The van der Waals surface area contributed by atoms with Gasteiger partial charge in [-0.25, -0.2) is 0 Å².